The summed E-state index contributed by atoms with van der Waals surface area (Å²) in [5.74, 6) is 0.614. The Kier molecular flexibility index (Phi) is 3.96. The largest absolute Gasteiger partial charge is 0.372 e. The minimum absolute atomic E-state index is 0.138. The van der Waals surface area contributed by atoms with E-state index >= 15 is 0 Å². The Morgan fingerprint density at radius 3 is 2.62 bits per heavy atom. The zero-order chi connectivity index (χ0) is 11.2. The lowest BCUT2D eigenvalue weighted by Crippen LogP contribution is -2.29. The van der Waals surface area contributed by atoms with E-state index in [2.05, 4.69) is 18.2 Å². The lowest BCUT2D eigenvalue weighted by molar-refractivity contribution is -0.0205. The van der Waals surface area contributed by atoms with Crippen LogP contribution in [0.1, 0.15) is 31.2 Å². The highest BCUT2D eigenvalue weighted by Gasteiger charge is 2.27. The van der Waals surface area contributed by atoms with Gasteiger partial charge in [0.05, 0.1) is 25.2 Å². The van der Waals surface area contributed by atoms with Crippen molar-refractivity contribution in [3.8, 4) is 6.07 Å². The Bertz CT molecular complexity index is 351. The Balaban J connectivity index is 1.84. The first-order valence-electron chi connectivity index (χ1n) is 5.92. The number of hydrogen-bond donors (Lipinski definition) is 0. The van der Waals surface area contributed by atoms with E-state index in [4.69, 9.17) is 10.00 Å². The number of rotatable bonds is 5. The highest BCUT2D eigenvalue weighted by atomic mass is 16.5. The van der Waals surface area contributed by atoms with Gasteiger partial charge in [-0.2, -0.15) is 5.26 Å². The molecule has 1 saturated carbocycles. The van der Waals surface area contributed by atoms with Gasteiger partial charge in [-0.05, 0) is 24.3 Å². The van der Waals surface area contributed by atoms with Crippen molar-refractivity contribution in [3.63, 3.8) is 0 Å². The Hall–Kier alpha value is -1.33. The number of nitrogens with zero attached hydrogens (tertiary/aromatic N) is 1. The standard InChI is InChI=1S/C14H17NO/c15-10-9-14(13-7-4-8-13)16-11-12-5-2-1-3-6-12/h1-3,5-6,13-14H,4,7-9,11H2. The summed E-state index contributed by atoms with van der Waals surface area (Å²) in [6.45, 7) is 0.629. The third-order valence-corrected chi connectivity index (χ3v) is 3.27. The van der Waals surface area contributed by atoms with Crippen LogP contribution < -0.4 is 0 Å². The molecular formula is C14H17NO. The molecule has 0 spiro atoms. The van der Waals surface area contributed by atoms with Crippen LogP contribution in [0.15, 0.2) is 30.3 Å². The summed E-state index contributed by atoms with van der Waals surface area (Å²) < 4.78 is 5.85. The maximum atomic E-state index is 8.77. The Morgan fingerprint density at radius 2 is 2.06 bits per heavy atom. The maximum Gasteiger partial charge on any atom is 0.0737 e. The summed E-state index contributed by atoms with van der Waals surface area (Å²) in [7, 11) is 0. The smallest absolute Gasteiger partial charge is 0.0737 e. The number of hydrogen-bond acceptors (Lipinski definition) is 2. The van der Waals surface area contributed by atoms with Crippen LogP contribution in [0.5, 0.6) is 0 Å². The minimum atomic E-state index is 0.138. The van der Waals surface area contributed by atoms with Crippen molar-refractivity contribution < 1.29 is 4.74 Å². The molecule has 0 heterocycles. The van der Waals surface area contributed by atoms with Crippen molar-refractivity contribution in [3.05, 3.63) is 35.9 Å². The molecule has 1 atom stereocenters. The van der Waals surface area contributed by atoms with Crippen LogP contribution in [0.25, 0.3) is 0 Å². The molecule has 0 N–H and O–H groups in total. The van der Waals surface area contributed by atoms with Gasteiger partial charge in [0.1, 0.15) is 0 Å². The van der Waals surface area contributed by atoms with Gasteiger partial charge >= 0.3 is 0 Å². The van der Waals surface area contributed by atoms with Crippen molar-refractivity contribution in [1.29, 1.82) is 5.26 Å². The van der Waals surface area contributed by atoms with Gasteiger partial charge in [-0.25, -0.2) is 0 Å². The van der Waals surface area contributed by atoms with Crippen LogP contribution in [-0.2, 0) is 11.3 Å². The van der Waals surface area contributed by atoms with Crippen LogP contribution in [0.2, 0.25) is 0 Å². The lowest BCUT2D eigenvalue weighted by Gasteiger charge is -2.32. The van der Waals surface area contributed by atoms with Gasteiger partial charge in [0.15, 0.2) is 0 Å². The third-order valence-electron chi connectivity index (χ3n) is 3.27. The predicted octanol–water partition coefficient (Wildman–Crippen LogP) is 3.29. The molecule has 1 aromatic carbocycles. The highest BCUT2D eigenvalue weighted by molar-refractivity contribution is 5.13. The van der Waals surface area contributed by atoms with Gasteiger partial charge in [-0.3, -0.25) is 0 Å². The second-order valence-corrected chi connectivity index (χ2v) is 4.39. The molecule has 0 amide bonds. The van der Waals surface area contributed by atoms with Gasteiger partial charge in [0.2, 0.25) is 0 Å². The fourth-order valence-electron chi connectivity index (χ4n) is 2.04. The van der Waals surface area contributed by atoms with E-state index in [1.165, 1.54) is 24.8 Å². The molecule has 16 heavy (non-hydrogen) atoms. The van der Waals surface area contributed by atoms with E-state index in [9.17, 15) is 0 Å². The van der Waals surface area contributed by atoms with E-state index in [0.717, 1.165) is 0 Å². The zero-order valence-electron chi connectivity index (χ0n) is 9.43. The number of nitriles is 1. The van der Waals surface area contributed by atoms with Gasteiger partial charge in [-0.15, -0.1) is 0 Å². The van der Waals surface area contributed by atoms with Gasteiger partial charge in [-0.1, -0.05) is 36.8 Å². The summed E-state index contributed by atoms with van der Waals surface area (Å²) in [5, 5.41) is 8.77. The van der Waals surface area contributed by atoms with Crippen molar-refractivity contribution in [2.45, 2.75) is 38.4 Å². The fraction of sp³-hybridized carbons (Fsp3) is 0.500. The van der Waals surface area contributed by atoms with Crippen LogP contribution >= 0.6 is 0 Å². The summed E-state index contributed by atoms with van der Waals surface area (Å²) >= 11 is 0. The molecule has 0 bridgehead atoms. The fourth-order valence-corrected chi connectivity index (χ4v) is 2.04. The van der Waals surface area contributed by atoms with E-state index in [1.807, 2.05) is 18.2 Å². The maximum absolute atomic E-state index is 8.77. The second-order valence-electron chi connectivity index (χ2n) is 4.39. The van der Waals surface area contributed by atoms with Crippen molar-refractivity contribution in [2.75, 3.05) is 0 Å². The quantitative estimate of drug-likeness (QED) is 0.755. The molecule has 1 fully saturated rings. The summed E-state index contributed by atoms with van der Waals surface area (Å²) in [4.78, 5) is 0. The highest BCUT2D eigenvalue weighted by Crippen LogP contribution is 2.32. The van der Waals surface area contributed by atoms with E-state index < -0.39 is 0 Å². The molecule has 84 valence electrons. The average Bonchev–Trinajstić information content (AvgIpc) is 2.25. The molecule has 0 saturated heterocycles. The third kappa shape index (κ3) is 2.84. The zero-order valence-corrected chi connectivity index (χ0v) is 9.43. The van der Waals surface area contributed by atoms with Crippen molar-refractivity contribution >= 4 is 0 Å². The van der Waals surface area contributed by atoms with Crippen LogP contribution in [0.3, 0.4) is 0 Å². The topological polar surface area (TPSA) is 33.0 Å². The van der Waals surface area contributed by atoms with Crippen LogP contribution in [0, 0.1) is 17.2 Å². The molecule has 0 aliphatic heterocycles. The minimum Gasteiger partial charge on any atom is -0.372 e. The van der Waals surface area contributed by atoms with Gasteiger partial charge in [0, 0.05) is 0 Å². The van der Waals surface area contributed by atoms with Crippen LogP contribution in [-0.4, -0.2) is 6.10 Å². The predicted molar refractivity (Wildman–Crippen MR) is 62.6 cm³/mol. The molecule has 1 aromatic rings. The summed E-state index contributed by atoms with van der Waals surface area (Å²) in [5.41, 5.74) is 1.18. The lowest BCUT2D eigenvalue weighted by atomic mass is 9.80. The first-order chi connectivity index (χ1) is 7.90. The summed E-state index contributed by atoms with van der Waals surface area (Å²) in [6.07, 6.45) is 4.40. The molecule has 0 radical (unpaired) electrons. The van der Waals surface area contributed by atoms with Gasteiger partial charge in [0.25, 0.3) is 0 Å². The molecule has 2 nitrogen and oxygen atoms in total. The first kappa shape index (κ1) is 11.2. The van der Waals surface area contributed by atoms with E-state index in [0.29, 0.717) is 18.9 Å². The first-order valence-corrected chi connectivity index (χ1v) is 5.92. The molecule has 2 heteroatoms. The van der Waals surface area contributed by atoms with Crippen molar-refractivity contribution in [1.82, 2.24) is 0 Å². The molecule has 1 aliphatic carbocycles. The molecule has 0 aromatic heterocycles. The normalized spacial score (nSPS) is 17.4. The van der Waals surface area contributed by atoms with Crippen LogP contribution in [0.4, 0.5) is 0 Å². The summed E-state index contributed by atoms with van der Waals surface area (Å²) in [6, 6.07) is 12.4. The van der Waals surface area contributed by atoms with Gasteiger partial charge < -0.3 is 4.74 Å². The molecule has 1 aliphatic rings. The Labute approximate surface area is 96.9 Å². The van der Waals surface area contributed by atoms with Crippen molar-refractivity contribution in [2.24, 2.45) is 5.92 Å². The number of ether oxygens (including phenoxy) is 1. The SMILES string of the molecule is N#CCC(OCc1ccccc1)C1CCC1. The number of benzene rings is 1. The average molecular weight is 215 g/mol. The van der Waals surface area contributed by atoms with E-state index in [-0.39, 0.29) is 6.10 Å². The second kappa shape index (κ2) is 5.67. The van der Waals surface area contributed by atoms with E-state index in [1.54, 1.807) is 0 Å². The molecular weight excluding hydrogens is 198 g/mol. The molecule has 2 rings (SSSR count). The monoisotopic (exact) mass is 215 g/mol. The molecule has 1 unspecified atom stereocenters. The Morgan fingerprint density at radius 1 is 1.31 bits per heavy atom.